The van der Waals surface area contributed by atoms with Crippen molar-refractivity contribution in [3.05, 3.63) is 48.5 Å². The van der Waals surface area contributed by atoms with Gasteiger partial charge in [0.05, 0.1) is 18.1 Å². The number of halogens is 2. The van der Waals surface area contributed by atoms with Gasteiger partial charge in [-0.3, -0.25) is 5.10 Å². The molecule has 1 fully saturated rings. The van der Waals surface area contributed by atoms with Gasteiger partial charge in [0.15, 0.2) is 11.5 Å². The SMILES string of the molecule is Fc1cnc2[nH]nc(Nc3ccc4c(N5CC[C@@H](F)C5)nccc4c3)c2c1. The highest BCUT2D eigenvalue weighted by Crippen LogP contribution is 2.31. The Kier molecular flexibility index (Phi) is 3.63. The number of aromatic nitrogens is 4. The molecule has 1 aromatic carbocycles. The summed E-state index contributed by atoms with van der Waals surface area (Å²) in [5.74, 6) is 0.888. The number of hydrogen-bond acceptors (Lipinski definition) is 5. The molecule has 1 saturated heterocycles. The second-order valence-corrected chi connectivity index (χ2v) is 6.65. The largest absolute Gasteiger partial charge is 0.353 e. The summed E-state index contributed by atoms with van der Waals surface area (Å²) in [4.78, 5) is 10.4. The molecule has 3 aromatic heterocycles. The van der Waals surface area contributed by atoms with Crippen molar-refractivity contribution in [2.75, 3.05) is 23.3 Å². The van der Waals surface area contributed by atoms with Gasteiger partial charge in [0.1, 0.15) is 17.8 Å². The minimum absolute atomic E-state index is 0.379. The molecule has 0 bridgehead atoms. The second-order valence-electron chi connectivity index (χ2n) is 6.65. The predicted molar refractivity (Wildman–Crippen MR) is 101 cm³/mol. The Morgan fingerprint density at radius 3 is 2.93 bits per heavy atom. The molecule has 4 aromatic rings. The van der Waals surface area contributed by atoms with Crippen molar-refractivity contribution < 1.29 is 8.78 Å². The average Bonchev–Trinajstić information content (AvgIpc) is 3.27. The summed E-state index contributed by atoms with van der Waals surface area (Å²) < 4.78 is 27.1. The van der Waals surface area contributed by atoms with Crippen molar-refractivity contribution in [1.29, 1.82) is 0 Å². The summed E-state index contributed by atoms with van der Waals surface area (Å²) in [6.45, 7) is 1.05. The van der Waals surface area contributed by atoms with Gasteiger partial charge in [-0.2, -0.15) is 5.10 Å². The van der Waals surface area contributed by atoms with Gasteiger partial charge < -0.3 is 10.2 Å². The third-order valence-corrected chi connectivity index (χ3v) is 4.82. The first-order chi connectivity index (χ1) is 13.2. The van der Waals surface area contributed by atoms with Gasteiger partial charge in [-0.25, -0.2) is 18.7 Å². The number of nitrogens with one attached hydrogen (secondary N) is 2. The molecule has 27 heavy (non-hydrogen) atoms. The lowest BCUT2D eigenvalue weighted by Crippen LogP contribution is -2.21. The molecule has 0 aliphatic carbocycles. The molecular weight excluding hydrogens is 350 g/mol. The quantitative estimate of drug-likeness (QED) is 0.575. The van der Waals surface area contributed by atoms with Crippen molar-refractivity contribution in [3.8, 4) is 0 Å². The van der Waals surface area contributed by atoms with E-state index in [1.165, 1.54) is 6.07 Å². The van der Waals surface area contributed by atoms with E-state index in [4.69, 9.17) is 0 Å². The van der Waals surface area contributed by atoms with Crippen LogP contribution in [0.1, 0.15) is 6.42 Å². The first kappa shape index (κ1) is 15.9. The Morgan fingerprint density at radius 1 is 1.15 bits per heavy atom. The summed E-state index contributed by atoms with van der Waals surface area (Å²) in [5, 5.41) is 12.7. The van der Waals surface area contributed by atoms with E-state index in [0.29, 0.717) is 36.4 Å². The summed E-state index contributed by atoms with van der Waals surface area (Å²) >= 11 is 0. The maximum absolute atomic E-state index is 13.6. The number of benzene rings is 1. The van der Waals surface area contributed by atoms with Crippen LogP contribution in [0.5, 0.6) is 0 Å². The zero-order valence-corrected chi connectivity index (χ0v) is 14.3. The van der Waals surface area contributed by atoms with Crippen LogP contribution < -0.4 is 10.2 Å². The van der Waals surface area contributed by atoms with Gasteiger partial charge in [-0.1, -0.05) is 0 Å². The van der Waals surface area contributed by atoms with Crippen LogP contribution in [0.4, 0.5) is 26.1 Å². The molecule has 4 heterocycles. The monoisotopic (exact) mass is 366 g/mol. The maximum atomic E-state index is 13.6. The number of rotatable bonds is 3. The first-order valence-corrected chi connectivity index (χ1v) is 8.72. The van der Waals surface area contributed by atoms with Crippen molar-refractivity contribution in [2.24, 2.45) is 0 Å². The fourth-order valence-corrected chi connectivity index (χ4v) is 3.51. The number of nitrogens with zero attached hydrogens (tertiary/aromatic N) is 4. The third-order valence-electron chi connectivity index (χ3n) is 4.82. The minimum atomic E-state index is -0.801. The Hall–Kier alpha value is -3.29. The zero-order valence-electron chi connectivity index (χ0n) is 14.3. The van der Waals surface area contributed by atoms with Gasteiger partial charge in [0.25, 0.3) is 0 Å². The standard InChI is InChI=1S/C19H16F2N6/c20-12-4-6-27(10-12)19-15-2-1-14(7-11(15)3-5-22-19)24-18-16-8-13(21)9-23-17(16)25-26-18/h1-3,5,7-9,12H,4,6,10H2,(H2,23,24,25,26)/t12-/m1/s1. The van der Waals surface area contributed by atoms with Crippen LogP contribution in [0.3, 0.4) is 0 Å². The summed E-state index contributed by atoms with van der Waals surface area (Å²) in [6, 6.07) is 9.13. The molecule has 0 amide bonds. The minimum Gasteiger partial charge on any atom is -0.353 e. The molecule has 1 aliphatic heterocycles. The molecule has 1 atom stereocenters. The van der Waals surface area contributed by atoms with Crippen LogP contribution in [0.2, 0.25) is 0 Å². The molecule has 1 aliphatic rings. The average molecular weight is 366 g/mol. The molecule has 0 spiro atoms. The van der Waals surface area contributed by atoms with E-state index in [0.717, 1.165) is 28.5 Å². The Labute approximate surface area is 153 Å². The molecule has 5 rings (SSSR count). The summed E-state index contributed by atoms with van der Waals surface area (Å²) in [5.41, 5.74) is 1.32. The van der Waals surface area contributed by atoms with Gasteiger partial charge in [0.2, 0.25) is 0 Å². The number of H-pyrrole nitrogens is 1. The van der Waals surface area contributed by atoms with Crippen molar-refractivity contribution in [1.82, 2.24) is 20.2 Å². The summed E-state index contributed by atoms with van der Waals surface area (Å²) in [7, 11) is 0. The third kappa shape index (κ3) is 2.83. The van der Waals surface area contributed by atoms with E-state index >= 15 is 0 Å². The van der Waals surface area contributed by atoms with E-state index in [-0.39, 0.29) is 0 Å². The Balaban J connectivity index is 1.50. The van der Waals surface area contributed by atoms with Crippen molar-refractivity contribution >= 4 is 39.1 Å². The topological polar surface area (TPSA) is 69.7 Å². The first-order valence-electron chi connectivity index (χ1n) is 8.72. The molecule has 0 radical (unpaired) electrons. The lowest BCUT2D eigenvalue weighted by molar-refractivity contribution is 0.364. The highest BCUT2D eigenvalue weighted by molar-refractivity contribution is 5.96. The molecule has 8 heteroatoms. The van der Waals surface area contributed by atoms with Crippen LogP contribution in [0, 0.1) is 5.82 Å². The number of hydrogen-bond donors (Lipinski definition) is 2. The molecular formula is C19H16F2N6. The van der Waals surface area contributed by atoms with E-state index in [1.807, 2.05) is 29.2 Å². The van der Waals surface area contributed by atoms with E-state index in [1.54, 1.807) is 6.20 Å². The molecule has 0 saturated carbocycles. The van der Waals surface area contributed by atoms with E-state index in [9.17, 15) is 8.78 Å². The van der Waals surface area contributed by atoms with Crippen LogP contribution in [0.25, 0.3) is 21.8 Å². The zero-order chi connectivity index (χ0) is 18.4. The van der Waals surface area contributed by atoms with Crippen LogP contribution in [-0.4, -0.2) is 39.4 Å². The molecule has 6 nitrogen and oxygen atoms in total. The van der Waals surface area contributed by atoms with Gasteiger partial charge >= 0.3 is 0 Å². The highest BCUT2D eigenvalue weighted by atomic mass is 19.1. The normalized spacial score (nSPS) is 17.1. The predicted octanol–water partition coefficient (Wildman–Crippen LogP) is 3.94. The number of alkyl halides is 1. The Bertz CT molecular complexity index is 1140. The van der Waals surface area contributed by atoms with Crippen LogP contribution >= 0.6 is 0 Å². The number of pyridine rings is 2. The van der Waals surface area contributed by atoms with Crippen molar-refractivity contribution in [2.45, 2.75) is 12.6 Å². The van der Waals surface area contributed by atoms with Crippen LogP contribution in [0.15, 0.2) is 42.7 Å². The fraction of sp³-hybridized carbons (Fsp3) is 0.211. The van der Waals surface area contributed by atoms with Crippen LogP contribution in [-0.2, 0) is 0 Å². The van der Waals surface area contributed by atoms with E-state index < -0.39 is 12.0 Å². The number of fused-ring (bicyclic) bond motifs is 2. The molecule has 0 unspecified atom stereocenters. The molecule has 2 N–H and O–H groups in total. The van der Waals surface area contributed by atoms with Gasteiger partial charge in [-0.05, 0) is 42.1 Å². The van der Waals surface area contributed by atoms with Gasteiger partial charge in [-0.15, -0.1) is 0 Å². The lowest BCUT2D eigenvalue weighted by atomic mass is 10.1. The summed E-state index contributed by atoms with van der Waals surface area (Å²) in [6.07, 6.45) is 2.62. The van der Waals surface area contributed by atoms with Gasteiger partial charge in [0, 0.05) is 23.8 Å². The smallest absolute Gasteiger partial charge is 0.161 e. The number of anilines is 3. The fourth-order valence-electron chi connectivity index (χ4n) is 3.51. The molecule has 136 valence electrons. The lowest BCUT2D eigenvalue weighted by Gasteiger charge is -2.18. The maximum Gasteiger partial charge on any atom is 0.161 e. The second kappa shape index (κ2) is 6.15. The highest BCUT2D eigenvalue weighted by Gasteiger charge is 2.24. The van der Waals surface area contributed by atoms with E-state index in [2.05, 4.69) is 25.5 Å². The van der Waals surface area contributed by atoms with Crippen molar-refractivity contribution in [3.63, 3.8) is 0 Å². The Morgan fingerprint density at radius 2 is 2.07 bits per heavy atom. The number of aromatic amines is 1.